The fourth-order valence-corrected chi connectivity index (χ4v) is 4.42. The second-order valence-corrected chi connectivity index (χ2v) is 7.85. The lowest BCUT2D eigenvalue weighted by molar-refractivity contribution is -0.141. The number of aromatic nitrogens is 2. The van der Waals surface area contributed by atoms with Crippen molar-refractivity contribution < 1.29 is 22.7 Å². The van der Waals surface area contributed by atoms with Gasteiger partial charge in [-0.1, -0.05) is 23.2 Å². The highest BCUT2D eigenvalue weighted by molar-refractivity contribution is 6.42. The van der Waals surface area contributed by atoms with Crippen LogP contribution in [-0.2, 0) is 22.8 Å². The number of anilines is 1. The summed E-state index contributed by atoms with van der Waals surface area (Å²) in [5, 5.41) is 7.01. The molecule has 4 rings (SSSR count). The molecule has 2 aliphatic rings. The van der Waals surface area contributed by atoms with E-state index in [-0.39, 0.29) is 18.1 Å². The summed E-state index contributed by atoms with van der Waals surface area (Å²) in [5.74, 6) is -1.45. The number of hydrogen-bond donors (Lipinski definition) is 1. The third-order valence-corrected chi connectivity index (χ3v) is 6.05. The first-order chi connectivity index (χ1) is 13.1. The Morgan fingerprint density at radius 2 is 1.93 bits per heavy atom. The van der Waals surface area contributed by atoms with Gasteiger partial charge in [0.05, 0.1) is 28.2 Å². The van der Waals surface area contributed by atoms with Crippen LogP contribution < -0.4 is 5.32 Å². The standard InChI is InChI=1S/C18H16Cl2F3N3O2/c1-26-11(7-14(25-26)18(21,22)23)15-12-4-5-13(28-12)16(15)17(27)24-8-2-3-9(19)10(20)6-8/h2-3,6-7,12-13,15-16H,4-5H2,1H3,(H,24,27)/t12-,13+,15-,16-/m0/s1. The highest BCUT2D eigenvalue weighted by atomic mass is 35.5. The molecular weight excluding hydrogens is 418 g/mol. The predicted octanol–water partition coefficient (Wildman–Crippen LogP) is 4.65. The Hall–Kier alpha value is -1.77. The van der Waals surface area contributed by atoms with E-state index >= 15 is 0 Å². The lowest BCUT2D eigenvalue weighted by Crippen LogP contribution is -2.36. The molecule has 4 atom stereocenters. The minimum absolute atomic E-state index is 0.293. The zero-order valence-corrected chi connectivity index (χ0v) is 16.1. The van der Waals surface area contributed by atoms with Crippen molar-refractivity contribution in [1.29, 1.82) is 0 Å². The topological polar surface area (TPSA) is 56.2 Å². The van der Waals surface area contributed by atoms with E-state index in [9.17, 15) is 18.0 Å². The molecular formula is C18H16Cl2F3N3O2. The van der Waals surface area contributed by atoms with E-state index in [1.165, 1.54) is 17.8 Å². The second kappa shape index (κ2) is 6.93. The molecule has 2 saturated heterocycles. The summed E-state index contributed by atoms with van der Waals surface area (Å²) in [5.41, 5.74) is -0.174. The SMILES string of the molecule is Cn1nc(C(F)(F)F)cc1[C@@H]1[C@@H](C(=O)Nc2ccc(Cl)c(Cl)c2)[C@H]2CC[C@@H]1O2. The maximum absolute atomic E-state index is 13.1. The van der Waals surface area contributed by atoms with Gasteiger partial charge in [0.2, 0.25) is 5.91 Å². The van der Waals surface area contributed by atoms with Crippen molar-refractivity contribution in [3.63, 3.8) is 0 Å². The Morgan fingerprint density at radius 3 is 2.57 bits per heavy atom. The van der Waals surface area contributed by atoms with Gasteiger partial charge in [0.15, 0.2) is 5.69 Å². The molecule has 2 bridgehead atoms. The van der Waals surface area contributed by atoms with Gasteiger partial charge >= 0.3 is 6.18 Å². The van der Waals surface area contributed by atoms with Crippen LogP contribution in [0.4, 0.5) is 18.9 Å². The molecule has 0 radical (unpaired) electrons. The summed E-state index contributed by atoms with van der Waals surface area (Å²) < 4.78 is 46.2. The molecule has 0 aliphatic carbocycles. The van der Waals surface area contributed by atoms with E-state index in [1.54, 1.807) is 12.1 Å². The molecule has 1 amide bonds. The third-order valence-electron chi connectivity index (χ3n) is 5.31. The molecule has 1 N–H and O–H groups in total. The Labute approximate surface area is 168 Å². The van der Waals surface area contributed by atoms with Crippen molar-refractivity contribution in [2.75, 3.05) is 5.32 Å². The van der Waals surface area contributed by atoms with Crippen molar-refractivity contribution >= 4 is 34.8 Å². The summed E-state index contributed by atoms with van der Waals surface area (Å²) >= 11 is 11.9. The Bertz CT molecular complexity index is 931. The van der Waals surface area contributed by atoms with E-state index in [0.29, 0.717) is 34.3 Å². The summed E-state index contributed by atoms with van der Waals surface area (Å²) in [4.78, 5) is 13.0. The number of hydrogen-bond acceptors (Lipinski definition) is 3. The molecule has 28 heavy (non-hydrogen) atoms. The van der Waals surface area contributed by atoms with Crippen LogP contribution in [0.1, 0.15) is 30.1 Å². The van der Waals surface area contributed by atoms with E-state index in [0.717, 1.165) is 6.07 Å². The van der Waals surface area contributed by atoms with E-state index in [1.807, 2.05) is 0 Å². The minimum atomic E-state index is -4.55. The fraction of sp³-hybridized carbons (Fsp3) is 0.444. The summed E-state index contributed by atoms with van der Waals surface area (Å²) in [6.45, 7) is 0. The maximum atomic E-state index is 13.1. The number of carbonyl (C=O) groups is 1. The quantitative estimate of drug-likeness (QED) is 0.766. The number of benzene rings is 1. The number of aryl methyl sites for hydroxylation is 1. The van der Waals surface area contributed by atoms with Crippen LogP contribution in [0.5, 0.6) is 0 Å². The van der Waals surface area contributed by atoms with Gasteiger partial charge in [-0.25, -0.2) is 0 Å². The lowest BCUT2D eigenvalue weighted by Gasteiger charge is -2.27. The maximum Gasteiger partial charge on any atom is 0.435 e. The van der Waals surface area contributed by atoms with Crippen LogP contribution in [0, 0.1) is 5.92 Å². The molecule has 2 aliphatic heterocycles. The van der Waals surface area contributed by atoms with E-state index in [2.05, 4.69) is 10.4 Å². The van der Waals surface area contributed by atoms with Gasteiger partial charge in [0.1, 0.15) is 0 Å². The van der Waals surface area contributed by atoms with Crippen LogP contribution in [0.25, 0.3) is 0 Å². The van der Waals surface area contributed by atoms with Crippen molar-refractivity contribution in [2.45, 2.75) is 37.1 Å². The van der Waals surface area contributed by atoms with Gasteiger partial charge in [-0.15, -0.1) is 0 Å². The van der Waals surface area contributed by atoms with Crippen LogP contribution in [0.15, 0.2) is 24.3 Å². The Kier molecular flexibility index (Phi) is 4.84. The number of halogens is 5. The molecule has 0 unspecified atom stereocenters. The van der Waals surface area contributed by atoms with Gasteiger partial charge in [-0.3, -0.25) is 9.48 Å². The van der Waals surface area contributed by atoms with Crippen molar-refractivity contribution in [3.8, 4) is 0 Å². The van der Waals surface area contributed by atoms with Crippen LogP contribution in [-0.4, -0.2) is 27.9 Å². The van der Waals surface area contributed by atoms with Gasteiger partial charge < -0.3 is 10.1 Å². The van der Waals surface area contributed by atoms with Crippen molar-refractivity contribution in [3.05, 3.63) is 45.7 Å². The van der Waals surface area contributed by atoms with Crippen molar-refractivity contribution in [1.82, 2.24) is 9.78 Å². The molecule has 0 saturated carbocycles. The Morgan fingerprint density at radius 1 is 1.21 bits per heavy atom. The average molecular weight is 434 g/mol. The number of rotatable bonds is 3. The molecule has 1 aromatic carbocycles. The molecule has 10 heteroatoms. The molecule has 0 spiro atoms. The zero-order chi connectivity index (χ0) is 20.2. The molecule has 2 aromatic rings. The van der Waals surface area contributed by atoms with Gasteiger partial charge in [-0.05, 0) is 37.1 Å². The van der Waals surface area contributed by atoms with Gasteiger partial charge in [0.25, 0.3) is 0 Å². The molecule has 5 nitrogen and oxygen atoms in total. The summed E-state index contributed by atoms with van der Waals surface area (Å²) in [6, 6.07) is 5.71. The monoisotopic (exact) mass is 433 g/mol. The number of nitrogens with one attached hydrogen (secondary N) is 1. The van der Waals surface area contributed by atoms with Crippen LogP contribution in [0.3, 0.4) is 0 Å². The number of carbonyl (C=O) groups excluding carboxylic acids is 1. The first kappa shape index (κ1) is 19.5. The second-order valence-electron chi connectivity index (χ2n) is 7.04. The number of amides is 1. The molecule has 3 heterocycles. The average Bonchev–Trinajstić information content (AvgIpc) is 3.31. The first-order valence-corrected chi connectivity index (χ1v) is 9.43. The summed E-state index contributed by atoms with van der Waals surface area (Å²) in [6.07, 6.45) is -3.83. The van der Waals surface area contributed by atoms with Crippen LogP contribution >= 0.6 is 23.2 Å². The first-order valence-electron chi connectivity index (χ1n) is 8.67. The number of fused-ring (bicyclic) bond motifs is 2. The van der Waals surface area contributed by atoms with E-state index in [4.69, 9.17) is 27.9 Å². The third kappa shape index (κ3) is 3.38. The van der Waals surface area contributed by atoms with Crippen LogP contribution in [0.2, 0.25) is 10.0 Å². The zero-order valence-electron chi connectivity index (χ0n) is 14.6. The lowest BCUT2D eigenvalue weighted by atomic mass is 9.76. The largest absolute Gasteiger partial charge is 0.435 e. The number of nitrogens with zero attached hydrogens (tertiary/aromatic N) is 2. The highest BCUT2D eigenvalue weighted by Gasteiger charge is 2.54. The molecule has 1 aromatic heterocycles. The van der Waals surface area contributed by atoms with Crippen molar-refractivity contribution in [2.24, 2.45) is 13.0 Å². The number of ether oxygens (including phenoxy) is 1. The smallest absolute Gasteiger partial charge is 0.373 e. The Balaban J connectivity index is 1.63. The molecule has 2 fully saturated rings. The predicted molar refractivity (Wildman–Crippen MR) is 97.4 cm³/mol. The fourth-order valence-electron chi connectivity index (χ4n) is 4.12. The number of alkyl halides is 3. The highest BCUT2D eigenvalue weighted by Crippen LogP contribution is 2.49. The minimum Gasteiger partial charge on any atom is -0.373 e. The summed E-state index contributed by atoms with van der Waals surface area (Å²) in [7, 11) is 1.45. The van der Waals surface area contributed by atoms with E-state index < -0.39 is 23.7 Å². The van der Waals surface area contributed by atoms with Gasteiger partial charge in [-0.2, -0.15) is 18.3 Å². The molecule has 150 valence electrons. The normalized spacial score (nSPS) is 26.6. The van der Waals surface area contributed by atoms with Gasteiger partial charge in [0, 0.05) is 24.3 Å².